The number of piperidine rings is 1. The summed E-state index contributed by atoms with van der Waals surface area (Å²) < 4.78 is 6.34. The van der Waals surface area contributed by atoms with Crippen LogP contribution in [0.2, 0.25) is 0 Å². The Labute approximate surface area is 361 Å². The van der Waals surface area contributed by atoms with Gasteiger partial charge in [0.2, 0.25) is 17.7 Å². The highest BCUT2D eigenvalue weighted by molar-refractivity contribution is 7.09. The maximum absolute atomic E-state index is 14.8. The second kappa shape index (κ2) is 25.1. The number of benzene rings is 1. The van der Waals surface area contributed by atoms with Gasteiger partial charge in [0.15, 0.2) is 0 Å². The number of nitrogens with zero attached hydrogens (tertiary/aromatic N) is 2. The Hall–Kier alpha value is -3.92. The molecule has 3 rings (SSSR count). The smallest absolute Gasteiger partial charge is 0.309 e. The lowest BCUT2D eigenvalue weighted by atomic mass is 9.84. The lowest BCUT2D eigenvalue weighted by molar-refractivity contribution is -0.147. The van der Waals surface area contributed by atoms with Crippen LogP contribution in [0.4, 0.5) is 5.69 Å². The molecule has 1 aliphatic rings. The maximum atomic E-state index is 14.8. The van der Waals surface area contributed by atoms with E-state index in [-0.39, 0.29) is 60.3 Å². The van der Waals surface area contributed by atoms with Gasteiger partial charge < -0.3 is 41.7 Å². The van der Waals surface area contributed by atoms with Gasteiger partial charge >= 0.3 is 5.97 Å². The number of anilines is 1. The molecular weight excluding hydrogens is 783 g/mol. The number of thiazole rings is 1. The number of nitrogens with two attached hydrogens (primary N) is 1. The molecule has 1 saturated heterocycles. The molecule has 0 bridgehead atoms. The first-order chi connectivity index (χ1) is 28.5. The summed E-state index contributed by atoms with van der Waals surface area (Å²) >= 11 is 1.32. The number of rotatable bonds is 26. The Bertz CT molecular complexity index is 1660. The first-order valence-corrected chi connectivity index (χ1v) is 23.0. The summed E-state index contributed by atoms with van der Waals surface area (Å²) in [6, 6.07) is 5.35. The van der Waals surface area contributed by atoms with Crippen molar-refractivity contribution >= 4 is 46.6 Å². The standard InChI is InChI=1S/C45H73N7O7S/c1-9-12-13-16-23-52(43(56)39(30(6)10-2)51-40(54)34-17-14-15-22-47-34)36(29(4)5)25-37(59-11-3)42-50-35(28-60-42)41(55)49-33(26-45(7,8)44(57)58)24-31-18-20-32(21-19-31)48-38(53)27-46/h18-21,28-30,33-34,36-37,39,47H,9-17,22-27,46H2,1-8H3,(H,48,53)(H,49,55)(H,51,54)(H,57,58)/t30-,33-,34+,36+,37+,39-/m0/s1. The van der Waals surface area contributed by atoms with Crippen LogP contribution in [0.1, 0.15) is 147 Å². The van der Waals surface area contributed by atoms with Crippen molar-refractivity contribution in [3.05, 3.63) is 45.9 Å². The quantitative estimate of drug-likeness (QED) is 0.0570. The molecule has 0 unspecified atom stereocenters. The molecule has 60 heavy (non-hydrogen) atoms. The first-order valence-electron chi connectivity index (χ1n) is 22.1. The van der Waals surface area contributed by atoms with E-state index < -0.39 is 35.5 Å². The van der Waals surface area contributed by atoms with Crippen LogP contribution in [0.25, 0.3) is 0 Å². The normalized spacial score (nSPS) is 16.9. The van der Waals surface area contributed by atoms with Crippen molar-refractivity contribution in [1.82, 2.24) is 25.8 Å². The van der Waals surface area contributed by atoms with Crippen LogP contribution < -0.4 is 27.0 Å². The summed E-state index contributed by atoms with van der Waals surface area (Å²) in [4.78, 5) is 72.9. The van der Waals surface area contributed by atoms with Gasteiger partial charge in [-0.25, -0.2) is 4.98 Å². The Kier molecular flexibility index (Phi) is 21.1. The number of aliphatic carboxylic acids is 1. The van der Waals surface area contributed by atoms with Gasteiger partial charge in [-0.3, -0.25) is 24.0 Å². The van der Waals surface area contributed by atoms with Gasteiger partial charge in [0.1, 0.15) is 22.8 Å². The molecule has 0 saturated carbocycles. The predicted octanol–water partition coefficient (Wildman–Crippen LogP) is 6.46. The van der Waals surface area contributed by atoms with E-state index in [1.54, 1.807) is 31.4 Å². The molecule has 6 atom stereocenters. The van der Waals surface area contributed by atoms with Gasteiger partial charge in [0, 0.05) is 42.7 Å². The van der Waals surface area contributed by atoms with Crippen molar-refractivity contribution < 1.29 is 33.8 Å². The van der Waals surface area contributed by atoms with Gasteiger partial charge in [-0.05, 0) is 89.0 Å². The number of carbonyl (C=O) groups excluding carboxylic acids is 4. The number of aromatic nitrogens is 1. The van der Waals surface area contributed by atoms with Crippen molar-refractivity contribution in [3.8, 4) is 0 Å². The Morgan fingerprint density at radius 1 is 1.03 bits per heavy atom. The molecule has 336 valence electrons. The van der Waals surface area contributed by atoms with Crippen LogP contribution in [0.15, 0.2) is 29.6 Å². The van der Waals surface area contributed by atoms with E-state index in [4.69, 9.17) is 15.5 Å². The number of hydrogen-bond donors (Lipinski definition) is 6. The molecule has 0 radical (unpaired) electrons. The van der Waals surface area contributed by atoms with Gasteiger partial charge in [-0.2, -0.15) is 0 Å². The van der Waals surface area contributed by atoms with E-state index >= 15 is 0 Å². The second-order valence-electron chi connectivity index (χ2n) is 17.2. The van der Waals surface area contributed by atoms with Crippen LogP contribution in [-0.4, -0.2) is 95.0 Å². The second-order valence-corrected chi connectivity index (χ2v) is 18.1. The van der Waals surface area contributed by atoms with Gasteiger partial charge in [-0.1, -0.05) is 78.9 Å². The summed E-state index contributed by atoms with van der Waals surface area (Å²) in [5.74, 6) is -1.96. The molecule has 2 aromatic rings. The molecule has 1 aliphatic heterocycles. The number of unbranched alkanes of at least 4 members (excludes halogenated alkanes) is 3. The molecule has 0 aliphatic carbocycles. The third-order valence-electron chi connectivity index (χ3n) is 11.5. The number of ether oxygens (including phenoxy) is 1. The third kappa shape index (κ3) is 15.5. The summed E-state index contributed by atoms with van der Waals surface area (Å²) in [7, 11) is 0. The van der Waals surface area contributed by atoms with Crippen molar-refractivity contribution in [3.63, 3.8) is 0 Å². The van der Waals surface area contributed by atoms with Crippen LogP contribution in [0, 0.1) is 17.3 Å². The van der Waals surface area contributed by atoms with Crippen LogP contribution in [0.3, 0.4) is 0 Å². The lowest BCUT2D eigenvalue weighted by Crippen LogP contribution is -2.58. The maximum Gasteiger partial charge on any atom is 0.309 e. The van der Waals surface area contributed by atoms with E-state index in [1.165, 1.54) is 11.3 Å². The zero-order valence-corrected chi connectivity index (χ0v) is 38.1. The van der Waals surface area contributed by atoms with E-state index in [9.17, 15) is 29.1 Å². The van der Waals surface area contributed by atoms with Crippen molar-refractivity contribution in [1.29, 1.82) is 0 Å². The lowest BCUT2D eigenvalue weighted by Gasteiger charge is -2.40. The van der Waals surface area contributed by atoms with Crippen LogP contribution in [0.5, 0.6) is 0 Å². The highest BCUT2D eigenvalue weighted by Crippen LogP contribution is 2.32. The molecule has 4 amide bonds. The van der Waals surface area contributed by atoms with E-state index in [2.05, 4.69) is 42.0 Å². The number of carbonyl (C=O) groups is 5. The fourth-order valence-electron chi connectivity index (χ4n) is 7.66. The number of hydrogen-bond acceptors (Lipinski definition) is 10. The molecule has 1 fully saturated rings. The first kappa shape index (κ1) is 50.4. The van der Waals surface area contributed by atoms with Crippen molar-refractivity contribution in [2.75, 3.05) is 31.6 Å². The number of carboxylic acids is 1. The fourth-order valence-corrected chi connectivity index (χ4v) is 8.52. The largest absolute Gasteiger partial charge is 0.481 e. The minimum absolute atomic E-state index is 0.0449. The van der Waals surface area contributed by atoms with Gasteiger partial charge in [0.05, 0.1) is 18.0 Å². The monoisotopic (exact) mass is 856 g/mol. The predicted molar refractivity (Wildman–Crippen MR) is 238 cm³/mol. The number of carboxylic acid groups (broad SMARTS) is 1. The van der Waals surface area contributed by atoms with E-state index in [0.717, 1.165) is 63.5 Å². The Balaban J connectivity index is 1.89. The van der Waals surface area contributed by atoms with Gasteiger partial charge in [-0.15, -0.1) is 11.3 Å². The number of nitrogens with one attached hydrogen (secondary N) is 4. The van der Waals surface area contributed by atoms with Crippen LogP contribution in [-0.2, 0) is 30.3 Å². The molecular formula is C45H73N7O7S. The average Bonchev–Trinajstić information content (AvgIpc) is 3.72. The third-order valence-corrected chi connectivity index (χ3v) is 12.5. The van der Waals surface area contributed by atoms with Crippen molar-refractivity contribution in [2.45, 2.75) is 156 Å². The molecule has 7 N–H and O–H groups in total. The molecule has 14 nitrogen and oxygen atoms in total. The molecule has 2 heterocycles. The van der Waals surface area contributed by atoms with E-state index in [1.807, 2.05) is 37.8 Å². The summed E-state index contributed by atoms with van der Waals surface area (Å²) in [5, 5.41) is 24.5. The average molecular weight is 856 g/mol. The highest BCUT2D eigenvalue weighted by atomic mass is 32.1. The topological polar surface area (TPSA) is 205 Å². The minimum Gasteiger partial charge on any atom is -0.481 e. The Morgan fingerprint density at radius 2 is 1.75 bits per heavy atom. The fraction of sp³-hybridized carbons (Fsp3) is 0.689. The minimum atomic E-state index is -1.13. The molecule has 0 spiro atoms. The SMILES string of the molecule is CCCCCCN(C(=O)[C@@H](NC(=O)[C@H]1CCCCN1)[C@@H](C)CC)[C@H](C[C@@H](OCC)c1nc(C(=O)N[C@@H](Cc2ccc(NC(=O)CN)cc2)CC(C)(C)C(=O)O)cs1)C(C)C. The zero-order chi connectivity index (χ0) is 44.4. The summed E-state index contributed by atoms with van der Waals surface area (Å²) in [5.41, 5.74) is 5.92. The van der Waals surface area contributed by atoms with Gasteiger partial charge in [0.25, 0.3) is 5.91 Å². The number of amides is 4. The molecule has 1 aromatic carbocycles. The Morgan fingerprint density at radius 3 is 2.33 bits per heavy atom. The van der Waals surface area contributed by atoms with E-state index in [0.29, 0.717) is 36.7 Å². The molecule has 1 aromatic heterocycles. The highest BCUT2D eigenvalue weighted by Gasteiger charge is 2.38. The zero-order valence-electron chi connectivity index (χ0n) is 37.3. The summed E-state index contributed by atoms with van der Waals surface area (Å²) in [6.07, 6.45) is 7.88. The van der Waals surface area contributed by atoms with Crippen LogP contribution >= 0.6 is 11.3 Å². The summed E-state index contributed by atoms with van der Waals surface area (Å²) in [6.45, 7) is 17.2. The van der Waals surface area contributed by atoms with Crippen molar-refractivity contribution in [2.24, 2.45) is 23.0 Å². The molecule has 15 heteroatoms.